The van der Waals surface area contributed by atoms with Crippen molar-refractivity contribution in [2.45, 2.75) is 25.9 Å². The summed E-state index contributed by atoms with van der Waals surface area (Å²) in [5.41, 5.74) is 7.86. The van der Waals surface area contributed by atoms with Crippen molar-refractivity contribution in [1.82, 2.24) is 18.9 Å². The van der Waals surface area contributed by atoms with Crippen LogP contribution in [0.2, 0.25) is 0 Å². The number of phenols is 1. The zero-order valence-electron chi connectivity index (χ0n) is 30.7. The fraction of sp³-hybridized carbons (Fsp3) is 0.227. The Kier molecular flexibility index (Phi) is 9.73. The summed E-state index contributed by atoms with van der Waals surface area (Å²) < 4.78 is 15.5. The molecule has 9 rings (SSSR count). The van der Waals surface area contributed by atoms with Gasteiger partial charge in [-0.3, -0.25) is 19.4 Å². The van der Waals surface area contributed by atoms with E-state index in [-0.39, 0.29) is 36.0 Å². The predicted molar refractivity (Wildman–Crippen MR) is 216 cm³/mol. The smallest absolute Gasteiger partial charge is 0.264 e. The molecule has 1 fully saturated rings. The lowest BCUT2D eigenvalue weighted by Crippen LogP contribution is -2.52. The van der Waals surface area contributed by atoms with Crippen molar-refractivity contribution in [3.8, 4) is 11.4 Å². The van der Waals surface area contributed by atoms with Gasteiger partial charge in [0, 0.05) is 91.1 Å². The second-order valence-corrected chi connectivity index (χ2v) is 14.4. The number of aromatic nitrogens is 2. The van der Waals surface area contributed by atoms with E-state index in [1.165, 1.54) is 5.56 Å². The number of hydrogen-bond donors (Lipinski definition) is 1. The van der Waals surface area contributed by atoms with Crippen LogP contribution in [-0.2, 0) is 24.8 Å². The average Bonchev–Trinajstić information content (AvgIpc) is 3.93. The van der Waals surface area contributed by atoms with Crippen molar-refractivity contribution in [3.05, 3.63) is 144 Å². The van der Waals surface area contributed by atoms with Gasteiger partial charge in [-0.2, -0.15) is 0 Å². The quantitative estimate of drug-likeness (QED) is 0.177. The number of morpholine rings is 1. The number of aromatic hydroxyl groups is 1. The van der Waals surface area contributed by atoms with Gasteiger partial charge in [-0.15, -0.1) is 12.4 Å². The Morgan fingerprint density at radius 1 is 0.873 bits per heavy atom. The van der Waals surface area contributed by atoms with Gasteiger partial charge in [0.2, 0.25) is 0 Å². The first-order valence-electron chi connectivity index (χ1n) is 18.4. The highest BCUT2D eigenvalue weighted by Gasteiger charge is 2.34. The van der Waals surface area contributed by atoms with Crippen molar-refractivity contribution >= 4 is 57.5 Å². The minimum absolute atomic E-state index is 0. The van der Waals surface area contributed by atoms with Crippen LogP contribution in [0.3, 0.4) is 0 Å². The maximum Gasteiger partial charge on any atom is 0.264 e. The molecule has 0 saturated carbocycles. The monoisotopic (exact) mass is 755 g/mol. The summed E-state index contributed by atoms with van der Waals surface area (Å²) in [5.74, 6) is -0.201. The van der Waals surface area contributed by atoms with Crippen LogP contribution in [0.4, 0.5) is 11.4 Å². The molecular weight excluding hydrogens is 714 g/mol. The van der Waals surface area contributed by atoms with Crippen molar-refractivity contribution in [2.24, 2.45) is 7.05 Å². The first kappa shape index (κ1) is 36.2. The van der Waals surface area contributed by atoms with E-state index in [9.17, 15) is 9.90 Å². The number of furan rings is 1. The number of fused-ring (bicyclic) bond motifs is 3. The summed E-state index contributed by atoms with van der Waals surface area (Å²) >= 11 is 0. The van der Waals surface area contributed by atoms with Gasteiger partial charge >= 0.3 is 0 Å². The number of rotatable bonds is 7. The predicted octanol–water partition coefficient (Wildman–Crippen LogP) is 8.03. The third-order valence-electron chi connectivity index (χ3n) is 10.9. The van der Waals surface area contributed by atoms with Gasteiger partial charge in [0.15, 0.2) is 0 Å². The van der Waals surface area contributed by atoms with E-state index in [1.54, 1.807) is 35.4 Å². The number of carbonyl (C=O) groups excluding carboxylic acids is 2. The van der Waals surface area contributed by atoms with E-state index in [1.807, 2.05) is 95.0 Å². The molecule has 7 aromatic rings. The second kappa shape index (κ2) is 14.8. The molecule has 0 spiro atoms. The molecule has 55 heavy (non-hydrogen) atoms. The molecule has 280 valence electrons. The van der Waals surface area contributed by atoms with Gasteiger partial charge in [-0.05, 0) is 91.2 Å². The van der Waals surface area contributed by atoms with Gasteiger partial charge in [0.1, 0.15) is 11.3 Å². The topological polar surface area (TPSA) is 96.3 Å². The molecule has 11 heteroatoms. The van der Waals surface area contributed by atoms with Crippen LogP contribution in [0.25, 0.3) is 27.6 Å². The number of anilines is 2. The largest absolute Gasteiger partial charge is 0.508 e. The number of benzene rings is 4. The van der Waals surface area contributed by atoms with Gasteiger partial charge in [-0.1, -0.05) is 24.3 Å². The third-order valence-corrected chi connectivity index (χ3v) is 10.9. The summed E-state index contributed by atoms with van der Waals surface area (Å²) in [7, 11) is 1.99. The Balaban J connectivity index is 0.00000427. The van der Waals surface area contributed by atoms with Crippen LogP contribution in [0.1, 0.15) is 37.5 Å². The van der Waals surface area contributed by atoms with Crippen molar-refractivity contribution in [2.75, 3.05) is 37.7 Å². The molecule has 1 saturated heterocycles. The number of amides is 2. The molecule has 4 aromatic carbocycles. The summed E-state index contributed by atoms with van der Waals surface area (Å²) in [6, 6.07) is 30.5. The number of halogens is 1. The van der Waals surface area contributed by atoms with E-state index in [2.05, 4.69) is 23.1 Å². The van der Waals surface area contributed by atoms with Crippen LogP contribution in [0.5, 0.6) is 5.75 Å². The van der Waals surface area contributed by atoms with E-state index in [4.69, 9.17) is 9.15 Å². The van der Waals surface area contributed by atoms with E-state index < -0.39 is 0 Å². The molecule has 0 bridgehead atoms. The maximum absolute atomic E-state index is 15.0. The van der Waals surface area contributed by atoms with Crippen molar-refractivity contribution < 1.29 is 23.8 Å². The Morgan fingerprint density at radius 3 is 2.44 bits per heavy atom. The zero-order chi connectivity index (χ0) is 36.9. The lowest BCUT2D eigenvalue weighted by molar-refractivity contribution is 0.0193. The minimum Gasteiger partial charge on any atom is -0.508 e. The Hall–Kier alpha value is -5.81. The van der Waals surface area contributed by atoms with Crippen molar-refractivity contribution in [3.63, 3.8) is 0 Å². The van der Waals surface area contributed by atoms with E-state index in [0.29, 0.717) is 53.5 Å². The standard InChI is InChI=1S/C44H41N5O5.ClH/c1-29-21-34(43(51)49(35-7-10-38(50)11-8-35)36-9-12-40-31(23-36)13-15-45(40)2)27-47(29)41-25-42-32(14-18-54-42)24-39(41)44(52)48-26-33-6-4-3-5-30(33)22-37(48)28-46-16-19-53-20-17-46;/h3-15,18,21,23-25,27,37,50H,16-17,19-20,22,26,28H2,1-2H3;1H/t37-;/m0./s1. The lowest BCUT2D eigenvalue weighted by atomic mass is 9.92. The van der Waals surface area contributed by atoms with Gasteiger partial charge in [0.05, 0.1) is 36.3 Å². The van der Waals surface area contributed by atoms with Gasteiger partial charge < -0.3 is 28.3 Å². The Labute approximate surface area is 325 Å². The van der Waals surface area contributed by atoms with Crippen LogP contribution in [-0.4, -0.2) is 74.7 Å². The summed E-state index contributed by atoms with van der Waals surface area (Å²) in [5, 5.41) is 11.9. The molecule has 10 nitrogen and oxygen atoms in total. The SMILES string of the molecule is Cc1cc(C(=O)N(c2ccc(O)cc2)c2ccc3c(ccn3C)c2)cn1-c1cc2occc2cc1C(=O)N1Cc2ccccc2C[C@H]1CN1CCOCC1.Cl. The fourth-order valence-electron chi connectivity index (χ4n) is 8.07. The van der Waals surface area contributed by atoms with E-state index in [0.717, 1.165) is 53.6 Å². The van der Waals surface area contributed by atoms with Crippen LogP contribution >= 0.6 is 12.4 Å². The summed E-state index contributed by atoms with van der Waals surface area (Å²) in [4.78, 5) is 35.8. The number of phenolic OH excluding ortho intramolecular Hbond substituents is 1. The number of hydrogen-bond acceptors (Lipinski definition) is 6. The first-order chi connectivity index (χ1) is 26.3. The average molecular weight is 756 g/mol. The Morgan fingerprint density at radius 2 is 1.64 bits per heavy atom. The lowest BCUT2D eigenvalue weighted by Gasteiger charge is -2.40. The van der Waals surface area contributed by atoms with E-state index >= 15 is 4.79 Å². The molecule has 1 N–H and O–H groups in total. The van der Waals surface area contributed by atoms with Crippen LogP contribution in [0.15, 0.2) is 120 Å². The summed E-state index contributed by atoms with van der Waals surface area (Å²) in [6.45, 7) is 6.27. The molecule has 1 atom stereocenters. The van der Waals surface area contributed by atoms with Crippen LogP contribution < -0.4 is 4.90 Å². The number of ether oxygens (including phenoxy) is 1. The molecule has 2 aliphatic rings. The minimum atomic E-state index is -0.247. The fourth-order valence-corrected chi connectivity index (χ4v) is 8.07. The number of carbonyl (C=O) groups is 2. The molecule has 2 aliphatic heterocycles. The molecule has 2 amide bonds. The second-order valence-electron chi connectivity index (χ2n) is 14.4. The highest BCUT2D eigenvalue weighted by molar-refractivity contribution is 6.12. The zero-order valence-corrected chi connectivity index (χ0v) is 31.5. The first-order valence-corrected chi connectivity index (χ1v) is 18.4. The molecule has 5 heterocycles. The molecule has 0 radical (unpaired) electrons. The van der Waals surface area contributed by atoms with Gasteiger partial charge in [0.25, 0.3) is 11.8 Å². The molecular formula is C44H42ClN5O5. The molecule has 0 unspecified atom stereocenters. The van der Waals surface area contributed by atoms with Crippen molar-refractivity contribution in [1.29, 1.82) is 0 Å². The number of aryl methyl sites for hydroxylation is 2. The Bertz CT molecular complexity index is 2530. The number of nitrogens with zero attached hydrogens (tertiary/aromatic N) is 5. The highest BCUT2D eigenvalue weighted by atomic mass is 35.5. The third kappa shape index (κ3) is 6.77. The maximum atomic E-state index is 15.0. The highest BCUT2D eigenvalue weighted by Crippen LogP contribution is 2.35. The normalized spacial score (nSPS) is 15.9. The van der Waals surface area contributed by atoms with Gasteiger partial charge in [-0.25, -0.2) is 0 Å². The summed E-state index contributed by atoms with van der Waals surface area (Å²) in [6.07, 6.45) is 6.21. The molecule has 3 aromatic heterocycles. The van der Waals surface area contributed by atoms with Crippen LogP contribution in [0, 0.1) is 6.92 Å². The molecule has 0 aliphatic carbocycles.